The Kier molecular flexibility index (Phi) is 11.7. The molecule has 2 aromatic rings. The van der Waals surface area contributed by atoms with Gasteiger partial charge in [0.25, 0.3) is 11.8 Å². The van der Waals surface area contributed by atoms with Crippen LogP contribution in [0.1, 0.15) is 40.5 Å². The molecule has 0 radical (unpaired) electrons. The van der Waals surface area contributed by atoms with E-state index in [-0.39, 0.29) is 23.7 Å². The van der Waals surface area contributed by atoms with Crippen molar-refractivity contribution in [2.75, 3.05) is 63.2 Å². The first-order valence-corrected chi connectivity index (χ1v) is 13.6. The number of alkyl halides is 3. The number of carbonyl (C=O) groups is 4. The molecule has 0 spiro atoms. The Morgan fingerprint density at radius 1 is 1.07 bits per heavy atom. The number of para-hydroxylation sites is 1. The Bertz CT molecular complexity index is 1290. The van der Waals surface area contributed by atoms with Crippen molar-refractivity contribution in [2.24, 2.45) is 5.92 Å². The fourth-order valence-electron chi connectivity index (χ4n) is 4.59. The van der Waals surface area contributed by atoms with Gasteiger partial charge in [-0.2, -0.15) is 13.2 Å². The van der Waals surface area contributed by atoms with Gasteiger partial charge in [-0.05, 0) is 38.0 Å². The van der Waals surface area contributed by atoms with Gasteiger partial charge >= 0.3 is 18.1 Å². The number of anilines is 2. The second-order valence-corrected chi connectivity index (χ2v) is 9.61. The van der Waals surface area contributed by atoms with Crippen molar-refractivity contribution in [3.63, 3.8) is 0 Å². The number of hydrogen-bond acceptors (Lipinski definition) is 9. The molecule has 15 heteroatoms. The van der Waals surface area contributed by atoms with Crippen molar-refractivity contribution in [1.29, 1.82) is 0 Å². The SMILES string of the molecule is CCOC(=O)C1CCN(C(=O)c2cc(NC(=O)c3ccccc3OC)cnc2N2CCNCC2)CC1.O=C(O)C(F)(F)F. The summed E-state index contributed by atoms with van der Waals surface area (Å²) in [5.41, 5.74) is 1.25. The predicted molar refractivity (Wildman–Crippen MR) is 149 cm³/mol. The van der Waals surface area contributed by atoms with Crippen LogP contribution in [-0.4, -0.2) is 97.9 Å². The molecule has 2 aliphatic heterocycles. The maximum Gasteiger partial charge on any atom is 0.490 e. The number of esters is 1. The van der Waals surface area contributed by atoms with Crippen LogP contribution in [0.5, 0.6) is 5.75 Å². The number of methoxy groups -OCH3 is 1. The van der Waals surface area contributed by atoms with Crippen LogP contribution in [0, 0.1) is 5.92 Å². The molecule has 2 saturated heterocycles. The first-order chi connectivity index (χ1) is 20.5. The van der Waals surface area contributed by atoms with Crippen LogP contribution in [0.15, 0.2) is 36.5 Å². The molecule has 43 heavy (non-hydrogen) atoms. The van der Waals surface area contributed by atoms with Gasteiger partial charge in [-0.3, -0.25) is 14.4 Å². The van der Waals surface area contributed by atoms with Gasteiger partial charge in [-0.1, -0.05) is 12.1 Å². The van der Waals surface area contributed by atoms with Crippen molar-refractivity contribution in [1.82, 2.24) is 15.2 Å². The largest absolute Gasteiger partial charge is 0.496 e. The minimum Gasteiger partial charge on any atom is -0.496 e. The molecule has 0 atom stereocenters. The molecule has 1 aromatic heterocycles. The number of likely N-dealkylation sites (tertiary alicyclic amines) is 1. The number of pyridine rings is 1. The minimum atomic E-state index is -5.08. The van der Waals surface area contributed by atoms with Crippen LogP contribution in [0.2, 0.25) is 0 Å². The molecule has 3 N–H and O–H groups in total. The Morgan fingerprint density at radius 2 is 1.70 bits per heavy atom. The highest BCUT2D eigenvalue weighted by atomic mass is 19.4. The number of benzene rings is 1. The van der Waals surface area contributed by atoms with Crippen LogP contribution < -0.4 is 20.3 Å². The van der Waals surface area contributed by atoms with Crippen molar-refractivity contribution in [2.45, 2.75) is 25.9 Å². The zero-order chi connectivity index (χ0) is 31.6. The monoisotopic (exact) mass is 609 g/mol. The molecule has 2 amide bonds. The number of piperidine rings is 1. The normalized spacial score (nSPS) is 15.6. The van der Waals surface area contributed by atoms with Gasteiger partial charge in [0.05, 0.1) is 42.6 Å². The number of carboxylic acid groups (broad SMARTS) is 1. The molecule has 0 unspecified atom stereocenters. The lowest BCUT2D eigenvalue weighted by Gasteiger charge is -2.33. The third kappa shape index (κ3) is 9.04. The molecule has 0 aliphatic carbocycles. The third-order valence-corrected chi connectivity index (χ3v) is 6.77. The van der Waals surface area contributed by atoms with Crippen LogP contribution in [-0.2, 0) is 14.3 Å². The number of nitrogens with one attached hydrogen (secondary N) is 2. The lowest BCUT2D eigenvalue weighted by Crippen LogP contribution is -2.45. The van der Waals surface area contributed by atoms with E-state index in [1.165, 1.54) is 7.11 Å². The standard InChI is InChI=1S/C26H33N5O5.C2HF3O2/c1-3-36-26(34)18-8-12-31(13-9-18)25(33)21-16-19(17-28-23(21)30-14-10-27-11-15-30)29-24(32)20-6-4-5-7-22(20)35-2;3-2(4,5)1(6)7/h4-7,16-18,27H,3,8-15H2,1-2H3,(H,29,32);(H,6,7). The highest BCUT2D eigenvalue weighted by Gasteiger charge is 2.38. The third-order valence-electron chi connectivity index (χ3n) is 6.77. The van der Waals surface area contributed by atoms with E-state index in [0.717, 1.165) is 26.2 Å². The zero-order valence-corrected chi connectivity index (χ0v) is 23.8. The molecule has 234 valence electrons. The maximum absolute atomic E-state index is 13.7. The number of ether oxygens (including phenoxy) is 2. The summed E-state index contributed by atoms with van der Waals surface area (Å²) in [5.74, 6) is -2.59. The first-order valence-electron chi connectivity index (χ1n) is 13.6. The van der Waals surface area contributed by atoms with Gasteiger partial charge in [-0.25, -0.2) is 9.78 Å². The van der Waals surface area contributed by atoms with Crippen molar-refractivity contribution in [3.05, 3.63) is 47.7 Å². The Morgan fingerprint density at radius 3 is 2.28 bits per heavy atom. The Hall–Kier alpha value is -4.40. The van der Waals surface area contributed by atoms with Gasteiger partial charge in [0.2, 0.25) is 0 Å². The van der Waals surface area contributed by atoms with Crippen molar-refractivity contribution < 1.29 is 46.9 Å². The number of halogens is 3. The van der Waals surface area contributed by atoms with Gasteiger partial charge in [0.15, 0.2) is 0 Å². The molecule has 1 aromatic carbocycles. The van der Waals surface area contributed by atoms with E-state index in [2.05, 4.69) is 20.5 Å². The summed E-state index contributed by atoms with van der Waals surface area (Å²) in [4.78, 5) is 56.1. The number of piperazine rings is 1. The minimum absolute atomic E-state index is 0.160. The van der Waals surface area contributed by atoms with Crippen LogP contribution in [0.4, 0.5) is 24.7 Å². The van der Waals surface area contributed by atoms with Gasteiger partial charge in [0.1, 0.15) is 11.6 Å². The number of aliphatic carboxylic acids is 1. The summed E-state index contributed by atoms with van der Waals surface area (Å²) < 4.78 is 42.2. The number of carboxylic acids is 1. The Balaban J connectivity index is 0.000000646. The summed E-state index contributed by atoms with van der Waals surface area (Å²) in [5, 5.41) is 13.3. The quantitative estimate of drug-likeness (QED) is 0.400. The fraction of sp³-hybridized carbons (Fsp3) is 0.464. The first kappa shape index (κ1) is 33.1. The highest BCUT2D eigenvalue weighted by Crippen LogP contribution is 2.27. The zero-order valence-electron chi connectivity index (χ0n) is 23.8. The number of hydrogen-bond donors (Lipinski definition) is 3. The highest BCUT2D eigenvalue weighted by molar-refractivity contribution is 6.07. The number of aromatic nitrogens is 1. The lowest BCUT2D eigenvalue weighted by atomic mass is 9.96. The molecular formula is C28H34F3N5O7. The summed E-state index contributed by atoms with van der Waals surface area (Å²) in [7, 11) is 1.51. The molecule has 2 aliphatic rings. The molecule has 0 saturated carbocycles. The van der Waals surface area contributed by atoms with E-state index in [9.17, 15) is 27.6 Å². The van der Waals surface area contributed by atoms with Gasteiger partial charge in [0, 0.05) is 39.3 Å². The van der Waals surface area contributed by atoms with Crippen LogP contribution in [0.3, 0.4) is 0 Å². The second kappa shape index (κ2) is 15.2. The second-order valence-electron chi connectivity index (χ2n) is 9.61. The summed E-state index contributed by atoms with van der Waals surface area (Å²) in [6.45, 7) is 6.11. The average molecular weight is 610 g/mol. The van der Waals surface area contributed by atoms with E-state index in [4.69, 9.17) is 19.4 Å². The summed E-state index contributed by atoms with van der Waals surface area (Å²) >= 11 is 0. The molecule has 0 bridgehead atoms. The summed E-state index contributed by atoms with van der Waals surface area (Å²) in [6.07, 6.45) is -2.38. The van der Waals surface area contributed by atoms with Crippen LogP contribution >= 0.6 is 0 Å². The van der Waals surface area contributed by atoms with E-state index < -0.39 is 12.1 Å². The Labute approximate surface area is 246 Å². The topological polar surface area (TPSA) is 150 Å². The lowest BCUT2D eigenvalue weighted by molar-refractivity contribution is -0.192. The van der Waals surface area contributed by atoms with Crippen molar-refractivity contribution in [3.8, 4) is 5.75 Å². The van der Waals surface area contributed by atoms with E-state index >= 15 is 0 Å². The molecule has 12 nitrogen and oxygen atoms in total. The number of amides is 2. The molecule has 2 fully saturated rings. The summed E-state index contributed by atoms with van der Waals surface area (Å²) in [6, 6.07) is 8.64. The van der Waals surface area contributed by atoms with E-state index in [1.54, 1.807) is 48.4 Å². The van der Waals surface area contributed by atoms with E-state index in [1.807, 2.05) is 0 Å². The van der Waals surface area contributed by atoms with Gasteiger partial charge in [-0.15, -0.1) is 0 Å². The number of rotatable bonds is 7. The molecule has 3 heterocycles. The number of carbonyl (C=O) groups excluding carboxylic acids is 3. The fourth-order valence-corrected chi connectivity index (χ4v) is 4.59. The molecule has 4 rings (SSSR count). The smallest absolute Gasteiger partial charge is 0.490 e. The van der Waals surface area contributed by atoms with Gasteiger partial charge < -0.3 is 35.0 Å². The average Bonchev–Trinajstić information content (AvgIpc) is 3.01. The maximum atomic E-state index is 13.7. The predicted octanol–water partition coefficient (Wildman–Crippen LogP) is 2.80. The number of nitrogens with zero attached hydrogens (tertiary/aromatic N) is 3. The van der Waals surface area contributed by atoms with E-state index in [0.29, 0.717) is 60.9 Å². The molecular weight excluding hydrogens is 575 g/mol. The van der Waals surface area contributed by atoms with Crippen LogP contribution in [0.25, 0.3) is 0 Å². The van der Waals surface area contributed by atoms with Crippen molar-refractivity contribution >= 4 is 35.3 Å².